The molecular weight excluding hydrogens is 240 g/mol. The third kappa shape index (κ3) is 3.54. The van der Waals surface area contributed by atoms with E-state index >= 15 is 0 Å². The highest BCUT2D eigenvalue weighted by Gasteiger charge is 2.10. The Kier molecular flexibility index (Phi) is 4.11. The highest BCUT2D eigenvalue weighted by molar-refractivity contribution is 5.78. The summed E-state index contributed by atoms with van der Waals surface area (Å²) in [6.45, 7) is 0.640. The van der Waals surface area contributed by atoms with Crippen LogP contribution in [-0.4, -0.2) is 34.0 Å². The van der Waals surface area contributed by atoms with Gasteiger partial charge in [-0.05, 0) is 12.1 Å². The second-order valence-corrected chi connectivity index (χ2v) is 4.24. The minimum atomic E-state index is -0.893. The predicted molar refractivity (Wildman–Crippen MR) is 73.5 cm³/mol. The molecule has 0 unspecified atom stereocenters. The molecule has 2 rings (SSSR count). The fraction of sp³-hybridized carbons (Fsp3) is 0.200. The van der Waals surface area contributed by atoms with Crippen LogP contribution in [0.2, 0.25) is 0 Å². The number of carboxylic acid groups (broad SMARTS) is 1. The fourth-order valence-corrected chi connectivity index (χ4v) is 1.91. The van der Waals surface area contributed by atoms with Gasteiger partial charge in [-0.2, -0.15) is 0 Å². The lowest BCUT2D eigenvalue weighted by Crippen LogP contribution is -2.30. The highest BCUT2D eigenvalue weighted by Crippen LogP contribution is 2.12. The fourth-order valence-electron chi connectivity index (χ4n) is 1.91. The summed E-state index contributed by atoms with van der Waals surface area (Å²) in [6.07, 6.45) is 5.24. The average molecular weight is 254 g/mol. The average Bonchev–Trinajstić information content (AvgIpc) is 2.38. The Labute approximate surface area is 111 Å². The number of hydrogen-bond donors (Lipinski definition) is 1. The maximum atomic E-state index is 10.8. The third-order valence-corrected chi connectivity index (χ3v) is 2.72. The van der Waals surface area contributed by atoms with E-state index < -0.39 is 5.97 Å². The van der Waals surface area contributed by atoms with Crippen molar-refractivity contribution in [3.63, 3.8) is 0 Å². The Bertz CT molecular complexity index is 631. The number of fused-ring (bicyclic) bond motifs is 1. The van der Waals surface area contributed by atoms with Crippen molar-refractivity contribution in [1.29, 1.82) is 0 Å². The lowest BCUT2D eigenvalue weighted by atomic mass is 10.2. The molecule has 96 valence electrons. The first-order chi connectivity index (χ1) is 9.19. The van der Waals surface area contributed by atoms with Crippen molar-refractivity contribution in [2.24, 2.45) is 0 Å². The van der Waals surface area contributed by atoms with Gasteiger partial charge in [0.1, 0.15) is 0 Å². The van der Waals surface area contributed by atoms with Crippen molar-refractivity contribution < 1.29 is 9.90 Å². The van der Waals surface area contributed by atoms with Gasteiger partial charge < -0.3 is 5.11 Å². The van der Waals surface area contributed by atoms with Gasteiger partial charge in [0.05, 0.1) is 24.3 Å². The summed E-state index contributed by atoms with van der Waals surface area (Å²) >= 11 is 0. The van der Waals surface area contributed by atoms with Gasteiger partial charge in [-0.15, -0.1) is 6.42 Å². The molecule has 0 aliphatic carbocycles. The standard InChI is InChI=1S/C15H14N2O2/c1-2-9-17(11-15(18)19)10-13-8-7-12-5-3-4-6-14(12)16-13/h1,3-8H,9-11H2,(H,18,19). The molecule has 0 saturated heterocycles. The second-order valence-electron chi connectivity index (χ2n) is 4.24. The lowest BCUT2D eigenvalue weighted by Gasteiger charge is -2.16. The van der Waals surface area contributed by atoms with Crippen LogP contribution in [0.1, 0.15) is 5.69 Å². The molecule has 0 aliphatic heterocycles. The zero-order valence-corrected chi connectivity index (χ0v) is 10.4. The van der Waals surface area contributed by atoms with E-state index in [9.17, 15) is 4.79 Å². The van der Waals surface area contributed by atoms with Crippen LogP contribution in [0.5, 0.6) is 0 Å². The van der Waals surface area contributed by atoms with Crippen molar-refractivity contribution in [2.45, 2.75) is 6.54 Å². The topological polar surface area (TPSA) is 53.4 Å². The molecule has 1 aromatic carbocycles. The van der Waals surface area contributed by atoms with Crippen molar-refractivity contribution in [3.8, 4) is 12.3 Å². The van der Waals surface area contributed by atoms with E-state index in [1.807, 2.05) is 36.4 Å². The van der Waals surface area contributed by atoms with E-state index in [0.29, 0.717) is 13.1 Å². The smallest absolute Gasteiger partial charge is 0.317 e. The van der Waals surface area contributed by atoms with Crippen LogP contribution in [0.3, 0.4) is 0 Å². The summed E-state index contributed by atoms with van der Waals surface area (Å²) in [5.41, 5.74) is 1.71. The number of terminal acetylenes is 1. The van der Waals surface area contributed by atoms with Gasteiger partial charge in [0.2, 0.25) is 0 Å². The minimum absolute atomic E-state index is 0.0846. The highest BCUT2D eigenvalue weighted by atomic mass is 16.4. The first-order valence-electron chi connectivity index (χ1n) is 5.91. The molecule has 0 aliphatic rings. The molecule has 0 fully saturated rings. The van der Waals surface area contributed by atoms with Crippen LogP contribution >= 0.6 is 0 Å². The maximum absolute atomic E-state index is 10.8. The molecule has 1 heterocycles. The quantitative estimate of drug-likeness (QED) is 0.826. The normalized spacial score (nSPS) is 10.5. The number of aromatic nitrogens is 1. The van der Waals surface area contributed by atoms with E-state index in [1.54, 1.807) is 4.90 Å². The number of rotatable bonds is 5. The zero-order chi connectivity index (χ0) is 13.7. The van der Waals surface area contributed by atoms with Gasteiger partial charge in [0.15, 0.2) is 0 Å². The number of benzene rings is 1. The molecule has 0 amide bonds. The Balaban J connectivity index is 2.18. The van der Waals surface area contributed by atoms with Gasteiger partial charge in [-0.25, -0.2) is 0 Å². The van der Waals surface area contributed by atoms with Gasteiger partial charge in [-0.1, -0.05) is 30.2 Å². The number of nitrogens with zero attached hydrogens (tertiary/aromatic N) is 2. The monoisotopic (exact) mass is 254 g/mol. The summed E-state index contributed by atoms with van der Waals surface area (Å²) in [6, 6.07) is 11.7. The Morgan fingerprint density at radius 1 is 1.32 bits per heavy atom. The summed E-state index contributed by atoms with van der Waals surface area (Å²) in [5, 5.41) is 9.89. The van der Waals surface area contributed by atoms with Crippen LogP contribution in [0.25, 0.3) is 10.9 Å². The van der Waals surface area contributed by atoms with Crippen LogP contribution in [0.15, 0.2) is 36.4 Å². The Morgan fingerprint density at radius 2 is 2.11 bits per heavy atom. The maximum Gasteiger partial charge on any atom is 0.317 e. The molecule has 2 aromatic rings. The second kappa shape index (κ2) is 5.98. The third-order valence-electron chi connectivity index (χ3n) is 2.72. The van der Waals surface area contributed by atoms with Crippen molar-refractivity contribution in [1.82, 2.24) is 9.88 Å². The number of carbonyl (C=O) groups is 1. The van der Waals surface area contributed by atoms with Crippen molar-refractivity contribution in [3.05, 3.63) is 42.1 Å². The van der Waals surface area contributed by atoms with Crippen molar-refractivity contribution in [2.75, 3.05) is 13.1 Å². The van der Waals surface area contributed by atoms with E-state index in [-0.39, 0.29) is 6.54 Å². The Morgan fingerprint density at radius 3 is 2.84 bits per heavy atom. The van der Waals surface area contributed by atoms with E-state index in [4.69, 9.17) is 11.5 Å². The van der Waals surface area contributed by atoms with Gasteiger partial charge in [0.25, 0.3) is 0 Å². The van der Waals surface area contributed by atoms with Gasteiger partial charge in [-0.3, -0.25) is 14.7 Å². The largest absolute Gasteiger partial charge is 0.480 e. The van der Waals surface area contributed by atoms with Crippen molar-refractivity contribution >= 4 is 16.9 Å². The molecular formula is C15H14N2O2. The van der Waals surface area contributed by atoms with E-state index in [0.717, 1.165) is 16.6 Å². The molecule has 1 aromatic heterocycles. The lowest BCUT2D eigenvalue weighted by molar-refractivity contribution is -0.138. The summed E-state index contributed by atoms with van der Waals surface area (Å²) in [5.74, 6) is 1.57. The molecule has 0 bridgehead atoms. The molecule has 0 radical (unpaired) electrons. The van der Waals surface area contributed by atoms with E-state index in [1.165, 1.54) is 0 Å². The molecule has 19 heavy (non-hydrogen) atoms. The first kappa shape index (κ1) is 13.1. The predicted octanol–water partition coefficient (Wildman–Crippen LogP) is 1.75. The first-order valence-corrected chi connectivity index (χ1v) is 5.91. The SMILES string of the molecule is C#CCN(CC(=O)O)Cc1ccc2ccccc2n1. The van der Waals surface area contributed by atoms with E-state index in [2.05, 4.69) is 10.9 Å². The molecule has 0 saturated carbocycles. The molecule has 4 heteroatoms. The Hall–Kier alpha value is -2.38. The number of aliphatic carboxylic acids is 1. The zero-order valence-electron chi connectivity index (χ0n) is 10.4. The molecule has 0 atom stereocenters. The van der Waals surface area contributed by atoms with Crippen LogP contribution in [0, 0.1) is 12.3 Å². The van der Waals surface area contributed by atoms with Gasteiger partial charge in [0, 0.05) is 11.9 Å². The number of hydrogen-bond acceptors (Lipinski definition) is 3. The van der Waals surface area contributed by atoms with Crippen LogP contribution in [0.4, 0.5) is 0 Å². The summed E-state index contributed by atoms with van der Waals surface area (Å²) in [4.78, 5) is 16.9. The van der Waals surface area contributed by atoms with Gasteiger partial charge >= 0.3 is 5.97 Å². The summed E-state index contributed by atoms with van der Waals surface area (Å²) in [7, 11) is 0. The molecule has 1 N–H and O–H groups in total. The number of para-hydroxylation sites is 1. The molecule has 0 spiro atoms. The van der Waals surface area contributed by atoms with Crippen LogP contribution in [-0.2, 0) is 11.3 Å². The van der Waals surface area contributed by atoms with Crippen LogP contribution < -0.4 is 0 Å². The number of carboxylic acids is 1. The minimum Gasteiger partial charge on any atom is -0.480 e. The molecule has 4 nitrogen and oxygen atoms in total. The summed E-state index contributed by atoms with van der Waals surface area (Å²) < 4.78 is 0. The number of pyridine rings is 1.